The van der Waals surface area contributed by atoms with Gasteiger partial charge in [-0.1, -0.05) is 0 Å². The first-order chi connectivity index (χ1) is 9.47. The number of carbonyl (C=O) groups is 2. The second kappa shape index (κ2) is 6.71. The number of carbonyl (C=O) groups excluding carboxylic acids is 1. The van der Waals surface area contributed by atoms with Gasteiger partial charge in [-0.15, -0.1) is 0 Å². The van der Waals surface area contributed by atoms with Crippen LogP contribution in [0.3, 0.4) is 0 Å². The highest BCUT2D eigenvalue weighted by Gasteiger charge is 2.25. The Bertz CT molecular complexity index is 576. The predicted molar refractivity (Wildman–Crippen MR) is 67.4 cm³/mol. The average Bonchev–Trinajstić information content (AvgIpc) is 2.43. The number of hydrogen-bond donors (Lipinski definition) is 1. The van der Waals surface area contributed by atoms with Crippen LogP contribution in [-0.4, -0.2) is 49.5 Å². The molecule has 8 heteroatoms. The molecule has 0 bridgehead atoms. The lowest BCUT2D eigenvalue weighted by Gasteiger charge is -2.15. The summed E-state index contributed by atoms with van der Waals surface area (Å²) in [5, 5.41) is 9.01. The van der Waals surface area contributed by atoms with Gasteiger partial charge in [0.05, 0.1) is 20.8 Å². The highest BCUT2D eigenvalue weighted by atomic mass is 16.5. The summed E-state index contributed by atoms with van der Waals surface area (Å²) in [4.78, 5) is 34.8. The van der Waals surface area contributed by atoms with Crippen LogP contribution < -0.4 is 10.2 Å². The van der Waals surface area contributed by atoms with Gasteiger partial charge in [-0.2, -0.15) is 0 Å². The maximum atomic E-state index is 12.0. The van der Waals surface area contributed by atoms with Crippen LogP contribution in [0.25, 0.3) is 0 Å². The van der Waals surface area contributed by atoms with Crippen molar-refractivity contribution in [2.24, 2.45) is 0 Å². The third-order valence-corrected chi connectivity index (χ3v) is 2.59. The van der Waals surface area contributed by atoms with Crippen molar-refractivity contribution in [1.82, 2.24) is 4.57 Å². The Morgan fingerprint density at radius 1 is 1.30 bits per heavy atom. The molecule has 1 heterocycles. The van der Waals surface area contributed by atoms with Crippen molar-refractivity contribution >= 4 is 11.9 Å². The number of pyridine rings is 1. The van der Waals surface area contributed by atoms with Crippen LogP contribution in [0.4, 0.5) is 0 Å². The summed E-state index contributed by atoms with van der Waals surface area (Å²) in [5.41, 5.74) is -1.53. The molecule has 110 valence electrons. The molecule has 0 unspecified atom stereocenters. The molecule has 0 atom stereocenters. The Hall–Kier alpha value is -2.35. The maximum absolute atomic E-state index is 12.0. The van der Waals surface area contributed by atoms with Gasteiger partial charge in [0.15, 0.2) is 11.4 Å². The highest BCUT2D eigenvalue weighted by Crippen LogP contribution is 2.16. The first-order valence-electron chi connectivity index (χ1n) is 5.59. The number of ether oxygens (including phenoxy) is 3. The molecule has 0 fully saturated rings. The van der Waals surface area contributed by atoms with Crippen LogP contribution in [0.1, 0.15) is 20.8 Å². The van der Waals surface area contributed by atoms with Crippen LogP contribution in [0.2, 0.25) is 0 Å². The molecule has 1 aromatic rings. The quantitative estimate of drug-likeness (QED) is 0.733. The van der Waals surface area contributed by atoms with Gasteiger partial charge < -0.3 is 23.9 Å². The average molecular weight is 285 g/mol. The molecule has 0 aromatic carbocycles. The Kier molecular flexibility index (Phi) is 5.27. The Morgan fingerprint density at radius 2 is 1.95 bits per heavy atom. The number of nitrogens with zero attached hydrogens (tertiary/aromatic N) is 1. The smallest absolute Gasteiger partial charge is 0.358 e. The maximum Gasteiger partial charge on any atom is 0.358 e. The van der Waals surface area contributed by atoms with E-state index in [1.54, 1.807) is 0 Å². The number of aromatic nitrogens is 1. The number of esters is 1. The number of methoxy groups -OCH3 is 3. The zero-order valence-electron chi connectivity index (χ0n) is 11.3. The van der Waals surface area contributed by atoms with E-state index in [-0.39, 0.29) is 24.6 Å². The second-order valence-corrected chi connectivity index (χ2v) is 3.74. The lowest BCUT2D eigenvalue weighted by atomic mass is 10.2. The van der Waals surface area contributed by atoms with Crippen LogP contribution in [0.5, 0.6) is 5.75 Å². The lowest BCUT2D eigenvalue weighted by molar-refractivity contribution is 0.0576. The number of carboxylic acid groups (broad SMARTS) is 1. The molecule has 0 radical (unpaired) electrons. The summed E-state index contributed by atoms with van der Waals surface area (Å²) in [7, 11) is 3.78. The fraction of sp³-hybridized carbons (Fsp3) is 0.417. The van der Waals surface area contributed by atoms with E-state index in [1.165, 1.54) is 18.8 Å². The molecule has 20 heavy (non-hydrogen) atoms. The number of carboxylic acids is 1. The number of aromatic carboxylic acids is 1. The summed E-state index contributed by atoms with van der Waals surface area (Å²) in [6.07, 6.45) is 1.07. The standard InChI is InChI=1S/C12H15NO7/c1-18-5-4-13-6-7(11(15)16)9(14)10(19-2)8(13)12(17)20-3/h6H,4-5H2,1-3H3,(H,15,16). The normalized spacial score (nSPS) is 10.2. The third kappa shape index (κ3) is 2.97. The summed E-state index contributed by atoms with van der Waals surface area (Å²) in [5.74, 6) is -2.57. The lowest BCUT2D eigenvalue weighted by Crippen LogP contribution is -2.26. The van der Waals surface area contributed by atoms with Gasteiger partial charge in [0.2, 0.25) is 5.43 Å². The van der Waals surface area contributed by atoms with E-state index in [2.05, 4.69) is 4.74 Å². The first-order valence-corrected chi connectivity index (χ1v) is 5.59. The monoisotopic (exact) mass is 285 g/mol. The molecule has 0 spiro atoms. The molecule has 0 aliphatic rings. The summed E-state index contributed by atoms with van der Waals surface area (Å²) >= 11 is 0. The van der Waals surface area contributed by atoms with Gasteiger partial charge in [0, 0.05) is 19.9 Å². The molecule has 0 aliphatic carbocycles. The van der Waals surface area contributed by atoms with Crippen molar-refractivity contribution in [3.05, 3.63) is 27.7 Å². The molecule has 0 amide bonds. The van der Waals surface area contributed by atoms with E-state index < -0.39 is 22.9 Å². The van der Waals surface area contributed by atoms with Crippen LogP contribution in [-0.2, 0) is 16.0 Å². The first kappa shape index (κ1) is 15.7. The Balaban J connectivity index is 3.60. The molecule has 1 aromatic heterocycles. The highest BCUT2D eigenvalue weighted by molar-refractivity contribution is 5.93. The van der Waals surface area contributed by atoms with Gasteiger partial charge in [0.25, 0.3) is 0 Å². The second-order valence-electron chi connectivity index (χ2n) is 3.74. The van der Waals surface area contributed by atoms with Gasteiger partial charge >= 0.3 is 11.9 Å². The van der Waals surface area contributed by atoms with Crippen molar-refractivity contribution in [2.45, 2.75) is 6.54 Å². The SMILES string of the molecule is COCCn1cc(C(=O)O)c(=O)c(OC)c1C(=O)OC. The zero-order valence-corrected chi connectivity index (χ0v) is 11.3. The largest absolute Gasteiger partial charge is 0.491 e. The summed E-state index contributed by atoms with van der Waals surface area (Å²) in [6, 6.07) is 0. The molecule has 0 aliphatic heterocycles. The molecule has 8 nitrogen and oxygen atoms in total. The fourth-order valence-electron chi connectivity index (χ4n) is 1.65. The van der Waals surface area contributed by atoms with Gasteiger partial charge in [-0.05, 0) is 0 Å². The van der Waals surface area contributed by atoms with E-state index in [1.807, 2.05) is 0 Å². The number of rotatable bonds is 6. The van der Waals surface area contributed by atoms with Crippen molar-refractivity contribution in [3.63, 3.8) is 0 Å². The van der Waals surface area contributed by atoms with E-state index >= 15 is 0 Å². The van der Waals surface area contributed by atoms with Crippen LogP contribution in [0, 0.1) is 0 Å². The molecular weight excluding hydrogens is 270 g/mol. The van der Waals surface area contributed by atoms with Gasteiger partial charge in [0.1, 0.15) is 5.56 Å². The minimum absolute atomic E-state index is 0.151. The molecule has 0 saturated heterocycles. The minimum atomic E-state index is -1.41. The van der Waals surface area contributed by atoms with E-state index in [0.717, 1.165) is 13.3 Å². The molecular formula is C12H15NO7. The fourth-order valence-corrected chi connectivity index (χ4v) is 1.65. The van der Waals surface area contributed by atoms with Crippen molar-refractivity contribution in [2.75, 3.05) is 27.9 Å². The molecule has 0 saturated carbocycles. The summed E-state index contributed by atoms with van der Waals surface area (Å²) in [6.45, 7) is 0.382. The molecule has 1 rings (SSSR count). The van der Waals surface area contributed by atoms with E-state index in [4.69, 9.17) is 14.6 Å². The molecule has 1 N–H and O–H groups in total. The summed E-state index contributed by atoms with van der Waals surface area (Å²) < 4.78 is 15.6. The topological polar surface area (TPSA) is 104 Å². The minimum Gasteiger partial charge on any atom is -0.491 e. The van der Waals surface area contributed by atoms with E-state index in [0.29, 0.717) is 0 Å². The van der Waals surface area contributed by atoms with Crippen molar-refractivity contribution in [1.29, 1.82) is 0 Å². The van der Waals surface area contributed by atoms with Crippen molar-refractivity contribution in [3.8, 4) is 5.75 Å². The van der Waals surface area contributed by atoms with Crippen LogP contribution in [0.15, 0.2) is 11.0 Å². The van der Waals surface area contributed by atoms with Gasteiger partial charge in [-0.3, -0.25) is 4.79 Å². The predicted octanol–water partition coefficient (Wildman–Crippen LogP) is -0.0119. The number of hydrogen-bond acceptors (Lipinski definition) is 6. The van der Waals surface area contributed by atoms with Crippen LogP contribution >= 0.6 is 0 Å². The van der Waals surface area contributed by atoms with E-state index in [9.17, 15) is 14.4 Å². The third-order valence-electron chi connectivity index (χ3n) is 2.59. The Labute approximate surface area is 114 Å². The Morgan fingerprint density at radius 3 is 2.40 bits per heavy atom. The van der Waals surface area contributed by atoms with Gasteiger partial charge in [-0.25, -0.2) is 9.59 Å². The zero-order chi connectivity index (χ0) is 15.3. The van der Waals surface area contributed by atoms with Crippen molar-refractivity contribution < 1.29 is 28.9 Å².